The first-order chi connectivity index (χ1) is 2.77. The summed E-state index contributed by atoms with van der Waals surface area (Å²) in [6.07, 6.45) is 2.34. The van der Waals surface area contributed by atoms with E-state index in [2.05, 4.69) is 29.5 Å². The molecule has 38 valence electrons. The van der Waals surface area contributed by atoms with Crippen molar-refractivity contribution in [1.82, 2.24) is 0 Å². The lowest BCUT2D eigenvalue weighted by Gasteiger charge is -1.94. The number of rotatable bonds is 2. The molecule has 0 spiro atoms. The molecule has 0 saturated carbocycles. The summed E-state index contributed by atoms with van der Waals surface area (Å²) in [5, 5.41) is 0. The molecule has 2 N–H and O–H groups in total. The highest BCUT2D eigenvalue weighted by atomic mass is 127. The molecule has 0 aliphatic heterocycles. The van der Waals surface area contributed by atoms with Gasteiger partial charge in [-0.2, -0.15) is 0 Å². The molecule has 0 aromatic heterocycles. The van der Waals surface area contributed by atoms with Gasteiger partial charge in [0.1, 0.15) is 0 Å². The Labute approximate surface area is 52.4 Å². The molecular formula is C4H10IN. The minimum absolute atomic E-state index is 0.368. The Hall–Kier alpha value is 0.690. The Balaban J connectivity index is 2.63. The van der Waals surface area contributed by atoms with Crippen LogP contribution in [0.15, 0.2) is 0 Å². The van der Waals surface area contributed by atoms with Gasteiger partial charge in [0.15, 0.2) is 0 Å². The molecule has 0 heterocycles. The van der Waals surface area contributed by atoms with Crippen molar-refractivity contribution < 1.29 is 0 Å². The van der Waals surface area contributed by atoms with Crippen LogP contribution < -0.4 is 5.73 Å². The molecule has 2 heteroatoms. The first-order valence-electron chi connectivity index (χ1n) is 2.17. The number of halogens is 1. The van der Waals surface area contributed by atoms with E-state index >= 15 is 0 Å². The first kappa shape index (κ1) is 6.69. The topological polar surface area (TPSA) is 26.0 Å². The van der Waals surface area contributed by atoms with Gasteiger partial charge in [0, 0.05) is 0 Å². The van der Waals surface area contributed by atoms with Gasteiger partial charge in [-0.05, 0) is 6.42 Å². The van der Waals surface area contributed by atoms with Crippen LogP contribution in [0.4, 0.5) is 0 Å². The van der Waals surface area contributed by atoms with Gasteiger partial charge >= 0.3 is 0 Å². The summed E-state index contributed by atoms with van der Waals surface area (Å²) in [5.41, 5.74) is 5.39. The summed E-state index contributed by atoms with van der Waals surface area (Å²) >= 11 is 2.22. The maximum atomic E-state index is 5.39. The van der Waals surface area contributed by atoms with Crippen LogP contribution in [0, 0.1) is 0 Å². The van der Waals surface area contributed by atoms with Gasteiger partial charge in [-0.1, -0.05) is 35.9 Å². The van der Waals surface area contributed by atoms with Crippen molar-refractivity contribution in [3.05, 3.63) is 0 Å². The normalized spacial score (nSPS) is 14.5. The van der Waals surface area contributed by atoms with E-state index in [1.165, 1.54) is 6.42 Å². The average Bonchev–Trinajstić information content (AvgIpc) is 1.35. The molecule has 0 radical (unpaired) electrons. The standard InChI is InChI=1S/C4H10IN/c1-2-3-4(5)6/h4H,2-3,6H2,1H3/t4-/m1/s1. The average molecular weight is 199 g/mol. The Morgan fingerprint density at radius 2 is 2.33 bits per heavy atom. The van der Waals surface area contributed by atoms with Gasteiger partial charge in [0.2, 0.25) is 0 Å². The predicted molar refractivity (Wildman–Crippen MR) is 36.9 cm³/mol. The maximum absolute atomic E-state index is 5.39. The second-order valence-electron chi connectivity index (χ2n) is 1.30. The van der Waals surface area contributed by atoms with Gasteiger partial charge < -0.3 is 5.73 Å². The van der Waals surface area contributed by atoms with Gasteiger partial charge in [-0.25, -0.2) is 0 Å². The minimum Gasteiger partial charge on any atom is -0.320 e. The predicted octanol–water partition coefficient (Wildman–Crippen LogP) is 1.51. The molecule has 0 amide bonds. The lowest BCUT2D eigenvalue weighted by atomic mass is 10.3. The zero-order valence-corrected chi connectivity index (χ0v) is 6.10. The molecule has 0 aliphatic carbocycles. The Kier molecular flexibility index (Phi) is 4.31. The molecule has 0 saturated heterocycles. The summed E-state index contributed by atoms with van der Waals surface area (Å²) in [6, 6.07) is 0. The van der Waals surface area contributed by atoms with E-state index in [1.807, 2.05) is 0 Å². The van der Waals surface area contributed by atoms with Crippen molar-refractivity contribution in [3.63, 3.8) is 0 Å². The SMILES string of the molecule is CCC[C@@H](N)I. The van der Waals surface area contributed by atoms with Crippen LogP contribution in [0.3, 0.4) is 0 Å². The van der Waals surface area contributed by atoms with E-state index in [4.69, 9.17) is 5.73 Å². The van der Waals surface area contributed by atoms with Crippen LogP contribution in [0.5, 0.6) is 0 Å². The lowest BCUT2D eigenvalue weighted by molar-refractivity contribution is 0.786. The zero-order valence-electron chi connectivity index (χ0n) is 3.95. The van der Waals surface area contributed by atoms with Crippen LogP contribution >= 0.6 is 22.6 Å². The summed E-state index contributed by atoms with van der Waals surface area (Å²) in [7, 11) is 0. The van der Waals surface area contributed by atoms with E-state index in [0.717, 1.165) is 6.42 Å². The molecule has 0 rings (SSSR count). The third kappa shape index (κ3) is 4.69. The van der Waals surface area contributed by atoms with Crippen molar-refractivity contribution in [2.24, 2.45) is 5.73 Å². The first-order valence-corrected chi connectivity index (χ1v) is 3.41. The Morgan fingerprint density at radius 1 is 1.83 bits per heavy atom. The molecule has 0 aliphatic rings. The Morgan fingerprint density at radius 3 is 2.33 bits per heavy atom. The van der Waals surface area contributed by atoms with E-state index in [1.54, 1.807) is 0 Å². The third-order valence-corrected chi connectivity index (χ3v) is 1.19. The zero-order chi connectivity index (χ0) is 4.99. The number of hydrogen-bond donors (Lipinski definition) is 1. The molecule has 1 nitrogen and oxygen atoms in total. The van der Waals surface area contributed by atoms with Gasteiger partial charge in [0.05, 0.1) is 4.05 Å². The van der Waals surface area contributed by atoms with Crippen LogP contribution in [0.1, 0.15) is 19.8 Å². The molecule has 6 heavy (non-hydrogen) atoms. The number of hydrogen-bond acceptors (Lipinski definition) is 1. The van der Waals surface area contributed by atoms with Gasteiger partial charge in [0.25, 0.3) is 0 Å². The van der Waals surface area contributed by atoms with E-state index in [0.29, 0.717) is 4.05 Å². The van der Waals surface area contributed by atoms with Gasteiger partial charge in [-0.15, -0.1) is 0 Å². The van der Waals surface area contributed by atoms with Crippen LogP contribution in [0.25, 0.3) is 0 Å². The van der Waals surface area contributed by atoms with Crippen molar-refractivity contribution in [2.75, 3.05) is 0 Å². The van der Waals surface area contributed by atoms with E-state index in [-0.39, 0.29) is 0 Å². The number of nitrogens with two attached hydrogens (primary N) is 1. The second-order valence-corrected chi connectivity index (χ2v) is 2.90. The van der Waals surface area contributed by atoms with Crippen LogP contribution in [0.2, 0.25) is 0 Å². The smallest absolute Gasteiger partial charge is 0.0568 e. The highest BCUT2D eigenvalue weighted by Crippen LogP contribution is 1.98. The molecule has 0 aromatic carbocycles. The molecule has 0 fully saturated rings. The molecule has 0 unspecified atom stereocenters. The lowest BCUT2D eigenvalue weighted by Crippen LogP contribution is -2.08. The van der Waals surface area contributed by atoms with Crippen molar-refractivity contribution in [3.8, 4) is 0 Å². The molecule has 0 bridgehead atoms. The van der Waals surface area contributed by atoms with Crippen LogP contribution in [-0.2, 0) is 0 Å². The largest absolute Gasteiger partial charge is 0.320 e. The Bertz CT molecular complexity index is 28.7. The highest BCUT2D eigenvalue weighted by Gasteiger charge is 1.87. The van der Waals surface area contributed by atoms with Crippen molar-refractivity contribution >= 4 is 22.6 Å². The minimum atomic E-state index is 0.368. The maximum Gasteiger partial charge on any atom is 0.0568 e. The molecular weight excluding hydrogens is 189 g/mol. The number of alkyl halides is 1. The summed E-state index contributed by atoms with van der Waals surface area (Å²) < 4.78 is 0.368. The summed E-state index contributed by atoms with van der Waals surface area (Å²) in [5.74, 6) is 0. The van der Waals surface area contributed by atoms with Crippen molar-refractivity contribution in [2.45, 2.75) is 23.8 Å². The fourth-order valence-corrected chi connectivity index (χ4v) is 0.899. The van der Waals surface area contributed by atoms with Crippen LogP contribution in [-0.4, -0.2) is 4.05 Å². The summed E-state index contributed by atoms with van der Waals surface area (Å²) in [4.78, 5) is 0. The fourth-order valence-electron chi connectivity index (χ4n) is 0.276. The monoisotopic (exact) mass is 199 g/mol. The summed E-state index contributed by atoms with van der Waals surface area (Å²) in [6.45, 7) is 2.14. The second kappa shape index (κ2) is 3.87. The van der Waals surface area contributed by atoms with Crippen molar-refractivity contribution in [1.29, 1.82) is 0 Å². The quantitative estimate of drug-likeness (QED) is 0.407. The van der Waals surface area contributed by atoms with E-state index in [9.17, 15) is 0 Å². The molecule has 1 atom stereocenters. The highest BCUT2D eigenvalue weighted by molar-refractivity contribution is 14.1. The van der Waals surface area contributed by atoms with Gasteiger partial charge in [-0.3, -0.25) is 0 Å². The van der Waals surface area contributed by atoms with E-state index < -0.39 is 0 Å². The third-order valence-electron chi connectivity index (χ3n) is 0.564. The molecule has 0 aromatic rings. The fraction of sp³-hybridized carbons (Fsp3) is 1.00.